The number of hydrogen-bond acceptors (Lipinski definition) is 3. The highest BCUT2D eigenvalue weighted by Crippen LogP contribution is 2.44. The molecule has 18 heavy (non-hydrogen) atoms. The molecule has 106 valence electrons. The SMILES string of the molecule is CCCC1CN(CCCSC)C(C)(C2CC2)CN1. The first kappa shape index (κ1) is 14.7. The first-order chi connectivity index (χ1) is 8.70. The summed E-state index contributed by atoms with van der Waals surface area (Å²) < 4.78 is 0. The molecule has 2 nitrogen and oxygen atoms in total. The van der Waals surface area contributed by atoms with E-state index in [4.69, 9.17) is 0 Å². The van der Waals surface area contributed by atoms with Gasteiger partial charge in [-0.3, -0.25) is 4.90 Å². The van der Waals surface area contributed by atoms with Crippen LogP contribution in [0.2, 0.25) is 0 Å². The zero-order valence-corrected chi connectivity index (χ0v) is 13.2. The summed E-state index contributed by atoms with van der Waals surface area (Å²) in [4.78, 5) is 2.82. The third-order valence-corrected chi connectivity index (χ3v) is 5.48. The van der Waals surface area contributed by atoms with Crippen molar-refractivity contribution in [3.8, 4) is 0 Å². The van der Waals surface area contributed by atoms with E-state index in [9.17, 15) is 0 Å². The molecule has 1 saturated carbocycles. The van der Waals surface area contributed by atoms with E-state index in [1.807, 2.05) is 11.8 Å². The summed E-state index contributed by atoms with van der Waals surface area (Å²) in [6, 6.07) is 0.733. The van der Waals surface area contributed by atoms with Gasteiger partial charge >= 0.3 is 0 Å². The summed E-state index contributed by atoms with van der Waals surface area (Å²) in [6.45, 7) is 8.58. The second-order valence-electron chi connectivity index (χ2n) is 6.29. The summed E-state index contributed by atoms with van der Waals surface area (Å²) in [7, 11) is 0. The normalized spacial score (nSPS) is 33.8. The fourth-order valence-electron chi connectivity index (χ4n) is 3.40. The quantitative estimate of drug-likeness (QED) is 0.716. The summed E-state index contributed by atoms with van der Waals surface area (Å²) in [5.74, 6) is 2.27. The molecule has 0 amide bonds. The minimum absolute atomic E-state index is 0.447. The smallest absolute Gasteiger partial charge is 0.0334 e. The fourth-order valence-corrected chi connectivity index (χ4v) is 3.82. The Morgan fingerprint density at radius 3 is 2.78 bits per heavy atom. The van der Waals surface area contributed by atoms with Crippen LogP contribution in [0.1, 0.15) is 46.0 Å². The Morgan fingerprint density at radius 1 is 1.39 bits per heavy atom. The van der Waals surface area contributed by atoms with Crippen LogP contribution in [-0.4, -0.2) is 48.1 Å². The van der Waals surface area contributed by atoms with Crippen LogP contribution in [-0.2, 0) is 0 Å². The van der Waals surface area contributed by atoms with Crippen LogP contribution in [0.15, 0.2) is 0 Å². The lowest BCUT2D eigenvalue weighted by Gasteiger charge is -2.49. The van der Waals surface area contributed by atoms with Crippen molar-refractivity contribution in [2.45, 2.75) is 57.5 Å². The van der Waals surface area contributed by atoms with Crippen molar-refractivity contribution in [2.75, 3.05) is 31.6 Å². The zero-order chi connectivity index (χ0) is 13.0. The second kappa shape index (κ2) is 6.62. The number of nitrogens with one attached hydrogen (secondary N) is 1. The highest BCUT2D eigenvalue weighted by molar-refractivity contribution is 7.98. The van der Waals surface area contributed by atoms with Crippen LogP contribution in [0.25, 0.3) is 0 Å². The zero-order valence-electron chi connectivity index (χ0n) is 12.4. The molecule has 2 rings (SSSR count). The van der Waals surface area contributed by atoms with Crippen LogP contribution >= 0.6 is 11.8 Å². The molecule has 1 heterocycles. The number of hydrogen-bond donors (Lipinski definition) is 1. The lowest BCUT2D eigenvalue weighted by molar-refractivity contribution is 0.0335. The van der Waals surface area contributed by atoms with Gasteiger partial charge in [0.15, 0.2) is 0 Å². The van der Waals surface area contributed by atoms with E-state index in [2.05, 4.69) is 30.3 Å². The van der Waals surface area contributed by atoms with Gasteiger partial charge in [-0.2, -0.15) is 11.8 Å². The maximum atomic E-state index is 3.81. The van der Waals surface area contributed by atoms with Gasteiger partial charge < -0.3 is 5.32 Å². The van der Waals surface area contributed by atoms with Gasteiger partial charge in [0.25, 0.3) is 0 Å². The Morgan fingerprint density at radius 2 is 2.17 bits per heavy atom. The summed E-state index contributed by atoms with van der Waals surface area (Å²) >= 11 is 1.98. The van der Waals surface area contributed by atoms with Gasteiger partial charge in [-0.1, -0.05) is 13.3 Å². The van der Waals surface area contributed by atoms with Crippen molar-refractivity contribution < 1.29 is 0 Å². The molecule has 0 aromatic carbocycles. The molecule has 3 heteroatoms. The Kier molecular flexibility index (Phi) is 5.40. The van der Waals surface area contributed by atoms with Crippen molar-refractivity contribution in [3.05, 3.63) is 0 Å². The van der Waals surface area contributed by atoms with Crippen LogP contribution in [0, 0.1) is 5.92 Å². The number of rotatable bonds is 7. The van der Waals surface area contributed by atoms with Crippen molar-refractivity contribution in [3.63, 3.8) is 0 Å². The van der Waals surface area contributed by atoms with Crippen LogP contribution in [0.4, 0.5) is 0 Å². The molecule has 1 N–H and O–H groups in total. The third-order valence-electron chi connectivity index (χ3n) is 4.78. The molecule has 1 aliphatic heterocycles. The standard InChI is InChI=1S/C15H30N2S/c1-4-6-14-11-17(9-5-10-18-3)15(2,12-16-14)13-7-8-13/h13-14,16H,4-12H2,1-3H3. The van der Waals surface area contributed by atoms with E-state index in [1.54, 1.807) is 0 Å². The van der Waals surface area contributed by atoms with E-state index >= 15 is 0 Å². The van der Waals surface area contributed by atoms with E-state index in [1.165, 1.54) is 57.5 Å². The van der Waals surface area contributed by atoms with Crippen LogP contribution in [0.3, 0.4) is 0 Å². The third kappa shape index (κ3) is 3.43. The molecule has 0 aromatic rings. The van der Waals surface area contributed by atoms with Crippen molar-refractivity contribution in [2.24, 2.45) is 5.92 Å². The maximum absolute atomic E-state index is 3.81. The van der Waals surface area contributed by atoms with Gasteiger partial charge in [-0.25, -0.2) is 0 Å². The molecule has 0 bridgehead atoms. The Balaban J connectivity index is 1.92. The lowest BCUT2D eigenvalue weighted by Crippen LogP contribution is -2.64. The first-order valence-corrected chi connectivity index (χ1v) is 9.07. The van der Waals surface area contributed by atoms with E-state index < -0.39 is 0 Å². The topological polar surface area (TPSA) is 15.3 Å². The summed E-state index contributed by atoms with van der Waals surface area (Å²) in [5, 5.41) is 3.81. The molecule has 0 radical (unpaired) electrons. The molecule has 2 fully saturated rings. The Bertz CT molecular complexity index is 255. The molecule has 2 unspecified atom stereocenters. The maximum Gasteiger partial charge on any atom is 0.0334 e. The number of thioether (sulfide) groups is 1. The molecule has 2 aliphatic rings. The van der Waals surface area contributed by atoms with E-state index in [-0.39, 0.29) is 0 Å². The van der Waals surface area contributed by atoms with Gasteiger partial charge in [0.05, 0.1) is 0 Å². The summed E-state index contributed by atoms with van der Waals surface area (Å²) in [6.07, 6.45) is 9.11. The van der Waals surface area contributed by atoms with Crippen molar-refractivity contribution in [1.82, 2.24) is 10.2 Å². The average Bonchev–Trinajstić information content (AvgIpc) is 3.18. The molecule has 2 atom stereocenters. The lowest BCUT2D eigenvalue weighted by atomic mass is 9.88. The van der Waals surface area contributed by atoms with E-state index in [0.717, 1.165) is 12.0 Å². The van der Waals surface area contributed by atoms with E-state index in [0.29, 0.717) is 5.54 Å². The molecule has 1 saturated heterocycles. The van der Waals surface area contributed by atoms with Gasteiger partial charge in [0.1, 0.15) is 0 Å². The number of piperazine rings is 1. The predicted molar refractivity (Wildman–Crippen MR) is 82.4 cm³/mol. The molecular formula is C15H30N2S. The van der Waals surface area contributed by atoms with Gasteiger partial charge in [0.2, 0.25) is 0 Å². The van der Waals surface area contributed by atoms with Crippen molar-refractivity contribution in [1.29, 1.82) is 0 Å². The molecule has 1 aliphatic carbocycles. The molecular weight excluding hydrogens is 240 g/mol. The minimum Gasteiger partial charge on any atom is -0.311 e. The Labute approximate surface area is 117 Å². The monoisotopic (exact) mass is 270 g/mol. The highest BCUT2D eigenvalue weighted by atomic mass is 32.2. The largest absolute Gasteiger partial charge is 0.311 e. The number of nitrogens with zero attached hydrogens (tertiary/aromatic N) is 1. The Hall–Kier alpha value is 0.270. The second-order valence-corrected chi connectivity index (χ2v) is 7.28. The fraction of sp³-hybridized carbons (Fsp3) is 1.00. The predicted octanol–water partition coefficient (Wildman–Crippen LogP) is 2.98. The summed E-state index contributed by atoms with van der Waals surface area (Å²) in [5.41, 5.74) is 0.447. The van der Waals surface area contributed by atoms with Crippen LogP contribution in [0.5, 0.6) is 0 Å². The first-order valence-electron chi connectivity index (χ1n) is 7.68. The van der Waals surface area contributed by atoms with Crippen LogP contribution < -0.4 is 5.32 Å². The molecule has 0 aromatic heterocycles. The van der Waals surface area contributed by atoms with Gasteiger partial charge in [0, 0.05) is 24.7 Å². The van der Waals surface area contributed by atoms with Gasteiger partial charge in [-0.05, 0) is 57.1 Å². The highest BCUT2D eigenvalue weighted by Gasteiger charge is 2.47. The minimum atomic E-state index is 0.447. The average molecular weight is 270 g/mol. The molecule has 0 spiro atoms. The van der Waals surface area contributed by atoms with Gasteiger partial charge in [-0.15, -0.1) is 0 Å². The van der Waals surface area contributed by atoms with Crippen molar-refractivity contribution >= 4 is 11.8 Å².